The first kappa shape index (κ1) is 21.7. The molecule has 0 atom stereocenters. The maximum absolute atomic E-state index is 13.1. The Balaban J connectivity index is 2.05. The molecule has 1 amide bonds. The summed E-state index contributed by atoms with van der Waals surface area (Å²) in [6.07, 6.45) is -0.854. The Kier molecular flexibility index (Phi) is 6.12. The Morgan fingerprint density at radius 1 is 0.935 bits per heavy atom. The van der Waals surface area contributed by atoms with E-state index in [1.807, 2.05) is 6.07 Å². The topological polar surface area (TPSA) is 142 Å². The summed E-state index contributed by atoms with van der Waals surface area (Å²) >= 11 is 0. The molecule has 3 aromatic rings. The summed E-state index contributed by atoms with van der Waals surface area (Å²) in [4.78, 5) is 22.5. The van der Waals surface area contributed by atoms with Gasteiger partial charge < -0.3 is 14.9 Å². The molecule has 160 valence electrons. The SMILES string of the molecule is COC(=O)Nc1ccc(-c2ccccc2)cc1S(=O)(=O)Nc1ccc(C(=O)O)c(O)c1. The first-order chi connectivity index (χ1) is 14.7. The number of methoxy groups -OCH3 is 1. The van der Waals surface area contributed by atoms with Crippen molar-refractivity contribution in [3.8, 4) is 16.9 Å². The van der Waals surface area contributed by atoms with Crippen molar-refractivity contribution < 1.29 is 33.0 Å². The lowest BCUT2D eigenvalue weighted by Gasteiger charge is -2.15. The second-order valence-electron chi connectivity index (χ2n) is 6.34. The van der Waals surface area contributed by atoms with Crippen LogP contribution in [0.3, 0.4) is 0 Å². The number of phenols is 1. The van der Waals surface area contributed by atoms with E-state index in [0.717, 1.165) is 24.8 Å². The van der Waals surface area contributed by atoms with Gasteiger partial charge in [0.15, 0.2) is 0 Å². The number of carbonyl (C=O) groups is 2. The van der Waals surface area contributed by atoms with E-state index in [2.05, 4.69) is 14.8 Å². The molecule has 0 aromatic heterocycles. The van der Waals surface area contributed by atoms with Crippen LogP contribution in [0.2, 0.25) is 0 Å². The predicted molar refractivity (Wildman–Crippen MR) is 114 cm³/mol. The average molecular weight is 442 g/mol. The van der Waals surface area contributed by atoms with Crippen molar-refractivity contribution in [1.82, 2.24) is 0 Å². The van der Waals surface area contributed by atoms with Crippen LogP contribution in [0, 0.1) is 0 Å². The zero-order chi connectivity index (χ0) is 22.6. The number of hydrogen-bond acceptors (Lipinski definition) is 6. The van der Waals surface area contributed by atoms with E-state index in [1.165, 1.54) is 18.2 Å². The summed E-state index contributed by atoms with van der Waals surface area (Å²) in [5.41, 5.74) is 0.886. The third kappa shape index (κ3) is 4.93. The molecule has 0 unspecified atom stereocenters. The fourth-order valence-electron chi connectivity index (χ4n) is 2.81. The van der Waals surface area contributed by atoms with E-state index >= 15 is 0 Å². The summed E-state index contributed by atoms with van der Waals surface area (Å²) < 4.78 is 33.0. The first-order valence-electron chi connectivity index (χ1n) is 8.85. The predicted octanol–water partition coefficient (Wildman–Crippen LogP) is 3.74. The highest BCUT2D eigenvalue weighted by atomic mass is 32.2. The van der Waals surface area contributed by atoms with Gasteiger partial charge in [-0.25, -0.2) is 18.0 Å². The van der Waals surface area contributed by atoms with Crippen LogP contribution in [0.5, 0.6) is 5.75 Å². The minimum Gasteiger partial charge on any atom is -0.507 e. The molecule has 0 heterocycles. The molecule has 0 radical (unpaired) electrons. The van der Waals surface area contributed by atoms with E-state index in [1.54, 1.807) is 30.3 Å². The van der Waals surface area contributed by atoms with Crippen molar-refractivity contribution in [1.29, 1.82) is 0 Å². The maximum Gasteiger partial charge on any atom is 0.411 e. The van der Waals surface area contributed by atoms with Crippen LogP contribution in [-0.2, 0) is 14.8 Å². The molecule has 0 aliphatic carbocycles. The van der Waals surface area contributed by atoms with Crippen molar-refractivity contribution in [2.24, 2.45) is 0 Å². The molecule has 3 aromatic carbocycles. The van der Waals surface area contributed by atoms with Gasteiger partial charge in [0.05, 0.1) is 18.5 Å². The van der Waals surface area contributed by atoms with Gasteiger partial charge in [0, 0.05) is 6.07 Å². The lowest BCUT2D eigenvalue weighted by molar-refractivity contribution is 0.0693. The normalized spacial score (nSPS) is 10.9. The number of carboxylic acids is 1. The summed E-state index contributed by atoms with van der Waals surface area (Å²) in [6.45, 7) is 0. The highest BCUT2D eigenvalue weighted by Gasteiger charge is 2.22. The number of sulfonamides is 1. The Bertz CT molecular complexity index is 1240. The number of rotatable bonds is 6. The van der Waals surface area contributed by atoms with Gasteiger partial charge in [-0.1, -0.05) is 36.4 Å². The Labute approximate surface area is 178 Å². The minimum absolute atomic E-state index is 0.0228. The van der Waals surface area contributed by atoms with Crippen molar-refractivity contribution in [3.63, 3.8) is 0 Å². The zero-order valence-corrected chi connectivity index (χ0v) is 17.0. The van der Waals surface area contributed by atoms with Gasteiger partial charge in [-0.05, 0) is 35.4 Å². The van der Waals surface area contributed by atoms with Gasteiger partial charge in [0.25, 0.3) is 10.0 Å². The number of carbonyl (C=O) groups excluding carboxylic acids is 1. The van der Waals surface area contributed by atoms with Crippen LogP contribution in [0.4, 0.5) is 16.2 Å². The van der Waals surface area contributed by atoms with E-state index in [4.69, 9.17) is 5.11 Å². The number of carboxylic acid groups (broad SMARTS) is 1. The third-order valence-corrected chi connectivity index (χ3v) is 5.70. The highest BCUT2D eigenvalue weighted by molar-refractivity contribution is 7.92. The zero-order valence-electron chi connectivity index (χ0n) is 16.2. The van der Waals surface area contributed by atoms with Crippen molar-refractivity contribution in [2.45, 2.75) is 4.90 Å². The van der Waals surface area contributed by atoms with Crippen LogP contribution < -0.4 is 10.0 Å². The number of benzene rings is 3. The summed E-state index contributed by atoms with van der Waals surface area (Å²) in [5, 5.41) is 21.2. The van der Waals surface area contributed by atoms with Crippen LogP contribution >= 0.6 is 0 Å². The number of aromatic hydroxyl groups is 1. The van der Waals surface area contributed by atoms with Crippen LogP contribution in [-0.4, -0.2) is 37.8 Å². The maximum atomic E-state index is 13.1. The molecule has 10 heteroatoms. The van der Waals surface area contributed by atoms with E-state index < -0.39 is 27.8 Å². The number of ether oxygens (including phenoxy) is 1. The molecule has 0 fully saturated rings. The molecule has 0 aliphatic rings. The Hall–Kier alpha value is -4.05. The molecule has 4 N–H and O–H groups in total. The molecule has 0 saturated heterocycles. The van der Waals surface area contributed by atoms with Crippen molar-refractivity contribution >= 4 is 33.5 Å². The van der Waals surface area contributed by atoms with Crippen LogP contribution in [0.25, 0.3) is 11.1 Å². The Morgan fingerprint density at radius 2 is 1.65 bits per heavy atom. The Morgan fingerprint density at radius 3 is 2.26 bits per heavy atom. The fraction of sp³-hybridized carbons (Fsp3) is 0.0476. The molecule has 0 bridgehead atoms. The second-order valence-corrected chi connectivity index (χ2v) is 7.99. The number of amides is 1. The van der Waals surface area contributed by atoms with Gasteiger partial charge in [-0.15, -0.1) is 0 Å². The molecule has 3 rings (SSSR count). The number of aromatic carboxylic acids is 1. The van der Waals surface area contributed by atoms with Gasteiger partial charge in [0.2, 0.25) is 0 Å². The largest absolute Gasteiger partial charge is 0.507 e. The first-order valence-corrected chi connectivity index (χ1v) is 10.3. The van der Waals surface area contributed by atoms with Crippen molar-refractivity contribution in [2.75, 3.05) is 17.1 Å². The molecule has 9 nitrogen and oxygen atoms in total. The van der Waals surface area contributed by atoms with Gasteiger partial charge in [0.1, 0.15) is 16.2 Å². The summed E-state index contributed by atoms with van der Waals surface area (Å²) in [7, 11) is -3.11. The lowest BCUT2D eigenvalue weighted by atomic mass is 10.1. The van der Waals surface area contributed by atoms with Crippen molar-refractivity contribution in [3.05, 3.63) is 72.3 Å². The van der Waals surface area contributed by atoms with Gasteiger partial charge in [-0.3, -0.25) is 10.0 Å². The molecule has 0 spiro atoms. The number of anilines is 2. The fourth-order valence-corrected chi connectivity index (χ4v) is 4.04. The average Bonchev–Trinajstić information content (AvgIpc) is 2.74. The highest BCUT2D eigenvalue weighted by Crippen LogP contribution is 2.31. The van der Waals surface area contributed by atoms with Gasteiger partial charge in [-0.2, -0.15) is 0 Å². The van der Waals surface area contributed by atoms with Crippen LogP contribution in [0.1, 0.15) is 10.4 Å². The second kappa shape index (κ2) is 8.76. The molecule has 31 heavy (non-hydrogen) atoms. The third-order valence-electron chi connectivity index (χ3n) is 4.28. The minimum atomic E-state index is -4.26. The molecular formula is C21H18N2O7S. The molecular weight excluding hydrogens is 424 g/mol. The van der Waals surface area contributed by atoms with E-state index in [9.17, 15) is 23.1 Å². The molecule has 0 aliphatic heterocycles. The standard InChI is InChI=1S/C21H18N2O7S/c1-30-21(27)22-17-10-7-14(13-5-3-2-4-6-13)11-19(17)31(28,29)23-15-8-9-16(20(25)26)18(24)12-15/h2-12,23-24H,1H3,(H,22,27)(H,25,26). The number of hydrogen-bond donors (Lipinski definition) is 4. The van der Waals surface area contributed by atoms with E-state index in [-0.39, 0.29) is 21.8 Å². The number of nitrogens with one attached hydrogen (secondary N) is 2. The smallest absolute Gasteiger partial charge is 0.411 e. The monoisotopic (exact) mass is 442 g/mol. The van der Waals surface area contributed by atoms with Crippen LogP contribution in [0.15, 0.2) is 71.6 Å². The van der Waals surface area contributed by atoms with E-state index in [0.29, 0.717) is 5.56 Å². The summed E-state index contributed by atoms with van der Waals surface area (Å²) in [5.74, 6) is -1.95. The quantitative estimate of drug-likeness (QED) is 0.455. The summed E-state index contributed by atoms with van der Waals surface area (Å²) in [6, 6.07) is 16.7. The lowest BCUT2D eigenvalue weighted by Crippen LogP contribution is -2.18. The van der Waals surface area contributed by atoms with Gasteiger partial charge >= 0.3 is 12.1 Å². The molecule has 0 saturated carbocycles.